The standard InChI is InChI=1S/C19H22N4O2/c1-18(2,3)25-17(24)23-15-4-5-16(23)8-19(7-15,12-21)14-6-13(9-20)10-22-11-14/h6,10-11,15-16H,4-5,7-8H2,1-3H3/t15-,16+,19+. The van der Waals surface area contributed by atoms with Crippen molar-refractivity contribution in [2.75, 3.05) is 0 Å². The summed E-state index contributed by atoms with van der Waals surface area (Å²) < 4.78 is 5.55. The first kappa shape index (κ1) is 17.2. The first-order chi connectivity index (χ1) is 11.8. The number of aromatic nitrogens is 1. The summed E-state index contributed by atoms with van der Waals surface area (Å²) in [6, 6.07) is 6.27. The van der Waals surface area contributed by atoms with Crippen LogP contribution in [0.3, 0.4) is 0 Å². The second-order valence-electron chi connectivity index (χ2n) is 7.95. The number of hydrogen-bond donors (Lipinski definition) is 0. The van der Waals surface area contributed by atoms with Gasteiger partial charge in [0, 0.05) is 24.5 Å². The summed E-state index contributed by atoms with van der Waals surface area (Å²) in [7, 11) is 0. The molecule has 2 fully saturated rings. The van der Waals surface area contributed by atoms with E-state index in [0.717, 1.165) is 18.4 Å². The van der Waals surface area contributed by atoms with Gasteiger partial charge in [-0.2, -0.15) is 10.5 Å². The molecule has 130 valence electrons. The second kappa shape index (κ2) is 6.04. The molecular formula is C19H22N4O2. The highest BCUT2D eigenvalue weighted by atomic mass is 16.6. The Hall–Kier alpha value is -2.60. The van der Waals surface area contributed by atoms with E-state index in [1.807, 2.05) is 25.7 Å². The van der Waals surface area contributed by atoms with Crippen LogP contribution in [0.25, 0.3) is 0 Å². The number of amides is 1. The van der Waals surface area contributed by atoms with Gasteiger partial charge in [0.25, 0.3) is 0 Å². The van der Waals surface area contributed by atoms with Crippen LogP contribution in [0.15, 0.2) is 18.5 Å². The molecule has 1 aromatic rings. The number of rotatable bonds is 1. The van der Waals surface area contributed by atoms with Crippen LogP contribution in [-0.4, -0.2) is 33.7 Å². The lowest BCUT2D eigenvalue weighted by molar-refractivity contribution is 0.00232. The highest BCUT2D eigenvalue weighted by molar-refractivity contribution is 5.70. The van der Waals surface area contributed by atoms with E-state index in [2.05, 4.69) is 17.1 Å². The topological polar surface area (TPSA) is 90.0 Å². The van der Waals surface area contributed by atoms with Crippen LogP contribution in [0.1, 0.15) is 57.6 Å². The van der Waals surface area contributed by atoms with E-state index in [4.69, 9.17) is 10.00 Å². The molecule has 1 amide bonds. The van der Waals surface area contributed by atoms with Crippen molar-refractivity contribution in [1.82, 2.24) is 9.88 Å². The minimum atomic E-state index is -0.704. The molecule has 0 saturated carbocycles. The normalized spacial score (nSPS) is 28.1. The fraction of sp³-hybridized carbons (Fsp3) is 0.579. The molecule has 0 unspecified atom stereocenters. The largest absolute Gasteiger partial charge is 0.444 e. The van der Waals surface area contributed by atoms with Gasteiger partial charge >= 0.3 is 6.09 Å². The van der Waals surface area contributed by atoms with Gasteiger partial charge in [-0.1, -0.05) is 0 Å². The molecule has 1 aromatic heterocycles. The van der Waals surface area contributed by atoms with Crippen molar-refractivity contribution >= 4 is 6.09 Å². The third-order valence-corrected chi connectivity index (χ3v) is 5.03. The fourth-order valence-corrected chi connectivity index (χ4v) is 4.02. The summed E-state index contributed by atoms with van der Waals surface area (Å²) >= 11 is 0. The van der Waals surface area contributed by atoms with E-state index in [0.29, 0.717) is 18.4 Å². The van der Waals surface area contributed by atoms with E-state index in [1.54, 1.807) is 12.3 Å². The summed E-state index contributed by atoms with van der Waals surface area (Å²) in [6.07, 6.45) is 5.73. The average molecular weight is 338 g/mol. The molecule has 0 radical (unpaired) electrons. The molecule has 0 aromatic carbocycles. The molecule has 6 nitrogen and oxygen atoms in total. The second-order valence-corrected chi connectivity index (χ2v) is 7.95. The molecule has 2 aliphatic rings. The lowest BCUT2D eigenvalue weighted by Crippen LogP contribution is -2.52. The fourth-order valence-electron chi connectivity index (χ4n) is 4.02. The summed E-state index contributed by atoms with van der Waals surface area (Å²) in [4.78, 5) is 18.5. The Balaban J connectivity index is 1.88. The monoisotopic (exact) mass is 338 g/mol. The van der Waals surface area contributed by atoms with Gasteiger partial charge in [0.2, 0.25) is 0 Å². The van der Waals surface area contributed by atoms with Gasteiger partial charge in [-0.25, -0.2) is 4.79 Å². The van der Waals surface area contributed by atoms with Crippen LogP contribution >= 0.6 is 0 Å². The average Bonchev–Trinajstić information content (AvgIpc) is 2.85. The Morgan fingerprint density at radius 1 is 1.28 bits per heavy atom. The molecule has 2 saturated heterocycles. The number of hydrogen-bond acceptors (Lipinski definition) is 5. The maximum Gasteiger partial charge on any atom is 0.410 e. The third-order valence-electron chi connectivity index (χ3n) is 5.03. The van der Waals surface area contributed by atoms with Crippen LogP contribution in [0.2, 0.25) is 0 Å². The quantitative estimate of drug-likeness (QED) is 0.784. The molecule has 25 heavy (non-hydrogen) atoms. The van der Waals surface area contributed by atoms with Crippen LogP contribution in [-0.2, 0) is 10.2 Å². The maximum absolute atomic E-state index is 12.6. The third kappa shape index (κ3) is 3.17. The van der Waals surface area contributed by atoms with Gasteiger partial charge < -0.3 is 9.64 Å². The van der Waals surface area contributed by atoms with Crippen molar-refractivity contribution in [3.63, 3.8) is 0 Å². The van der Waals surface area contributed by atoms with E-state index in [-0.39, 0.29) is 18.2 Å². The minimum absolute atomic E-state index is 0.0148. The van der Waals surface area contributed by atoms with E-state index in [1.165, 1.54) is 6.20 Å². The van der Waals surface area contributed by atoms with Crippen LogP contribution in [0.5, 0.6) is 0 Å². The molecule has 3 heterocycles. The van der Waals surface area contributed by atoms with Crippen molar-refractivity contribution in [2.45, 2.75) is 69.6 Å². The molecule has 0 N–H and O–H groups in total. The zero-order chi connectivity index (χ0) is 18.2. The van der Waals surface area contributed by atoms with Crippen LogP contribution in [0.4, 0.5) is 4.79 Å². The number of nitrogens with zero attached hydrogens (tertiary/aromatic N) is 4. The van der Waals surface area contributed by atoms with Gasteiger partial charge in [-0.15, -0.1) is 0 Å². The molecule has 6 heteroatoms. The summed E-state index contributed by atoms with van der Waals surface area (Å²) in [5.41, 5.74) is -0.0148. The van der Waals surface area contributed by atoms with E-state index >= 15 is 0 Å². The Bertz CT molecular complexity index is 755. The zero-order valence-electron chi connectivity index (χ0n) is 14.8. The number of ether oxygens (including phenoxy) is 1. The SMILES string of the molecule is CC(C)(C)OC(=O)N1[C@@H]2CC[C@H]1C[C@@](C#N)(c1cncc(C#N)c1)C2. The molecule has 3 rings (SSSR count). The predicted octanol–water partition coefficient (Wildman–Crippen LogP) is 3.28. The smallest absolute Gasteiger partial charge is 0.410 e. The number of fused-ring (bicyclic) bond motifs is 2. The Morgan fingerprint density at radius 3 is 2.44 bits per heavy atom. The van der Waals surface area contributed by atoms with Crippen molar-refractivity contribution < 1.29 is 9.53 Å². The van der Waals surface area contributed by atoms with Gasteiger partial charge in [-0.3, -0.25) is 4.98 Å². The van der Waals surface area contributed by atoms with Crippen molar-refractivity contribution in [3.05, 3.63) is 29.6 Å². The van der Waals surface area contributed by atoms with Crippen LogP contribution < -0.4 is 0 Å². The van der Waals surface area contributed by atoms with E-state index < -0.39 is 11.0 Å². The van der Waals surface area contributed by atoms with Gasteiger partial charge in [0.1, 0.15) is 11.7 Å². The summed E-state index contributed by atoms with van der Waals surface area (Å²) in [5.74, 6) is 0. The molecule has 2 bridgehead atoms. The summed E-state index contributed by atoms with van der Waals surface area (Å²) in [6.45, 7) is 5.57. The highest BCUT2D eigenvalue weighted by Crippen LogP contribution is 2.47. The molecule has 0 spiro atoms. The van der Waals surface area contributed by atoms with Crippen LogP contribution in [0, 0.1) is 22.7 Å². The Labute approximate surface area is 148 Å². The minimum Gasteiger partial charge on any atom is -0.444 e. The predicted molar refractivity (Wildman–Crippen MR) is 90.4 cm³/mol. The van der Waals surface area contributed by atoms with Crippen molar-refractivity contribution in [1.29, 1.82) is 10.5 Å². The van der Waals surface area contributed by atoms with E-state index in [9.17, 15) is 10.1 Å². The number of carbonyl (C=O) groups is 1. The lowest BCUT2D eigenvalue weighted by atomic mass is 9.71. The summed E-state index contributed by atoms with van der Waals surface area (Å²) in [5, 5.41) is 19.1. The number of pyridine rings is 1. The molecule has 0 aliphatic carbocycles. The highest BCUT2D eigenvalue weighted by Gasteiger charge is 2.52. The lowest BCUT2D eigenvalue weighted by Gasteiger charge is -2.43. The zero-order valence-corrected chi connectivity index (χ0v) is 14.8. The molecule has 2 aliphatic heterocycles. The number of carbonyl (C=O) groups excluding carboxylic acids is 1. The number of piperidine rings is 1. The van der Waals surface area contributed by atoms with Gasteiger partial charge in [0.15, 0.2) is 0 Å². The van der Waals surface area contributed by atoms with Gasteiger partial charge in [0.05, 0.1) is 17.0 Å². The first-order valence-corrected chi connectivity index (χ1v) is 8.56. The Kier molecular flexibility index (Phi) is 4.16. The van der Waals surface area contributed by atoms with Crippen molar-refractivity contribution in [3.8, 4) is 12.1 Å². The molecular weight excluding hydrogens is 316 g/mol. The first-order valence-electron chi connectivity index (χ1n) is 8.56. The Morgan fingerprint density at radius 2 is 1.92 bits per heavy atom. The maximum atomic E-state index is 12.6. The number of nitriles is 2. The molecule has 3 atom stereocenters. The van der Waals surface area contributed by atoms with Gasteiger partial charge in [-0.05, 0) is 58.1 Å². The van der Waals surface area contributed by atoms with Crippen molar-refractivity contribution in [2.24, 2.45) is 0 Å².